The quantitative estimate of drug-likeness (QED) is 0.663. The summed E-state index contributed by atoms with van der Waals surface area (Å²) in [6, 6.07) is 5.37. The number of anilines is 1. The molecule has 3 nitrogen and oxygen atoms in total. The van der Waals surface area contributed by atoms with E-state index in [9.17, 15) is 4.79 Å². The number of hydrogen-bond donors (Lipinski definition) is 1. The number of halogens is 1. The minimum Gasteiger partial charge on any atom is -0.397 e. The summed E-state index contributed by atoms with van der Waals surface area (Å²) < 4.78 is 6.10. The van der Waals surface area contributed by atoms with E-state index in [0.717, 1.165) is 17.3 Å². The zero-order chi connectivity index (χ0) is 10.8. The number of hydrogen-bond acceptors (Lipinski definition) is 3. The summed E-state index contributed by atoms with van der Waals surface area (Å²) in [4.78, 5) is 12.0. The van der Waals surface area contributed by atoms with Gasteiger partial charge in [0.05, 0.1) is 5.69 Å². The molecule has 0 aromatic heterocycles. The van der Waals surface area contributed by atoms with Crippen molar-refractivity contribution in [3.63, 3.8) is 0 Å². The molecule has 1 saturated heterocycles. The Morgan fingerprint density at radius 3 is 3.00 bits per heavy atom. The second kappa shape index (κ2) is 4.33. The molecule has 0 spiro atoms. The Morgan fingerprint density at radius 2 is 2.33 bits per heavy atom. The van der Waals surface area contributed by atoms with E-state index in [1.165, 1.54) is 0 Å². The summed E-state index contributed by atoms with van der Waals surface area (Å²) in [5, 5.41) is 0. The highest BCUT2D eigenvalue weighted by Gasteiger charge is 2.26. The molecule has 0 saturated carbocycles. The van der Waals surface area contributed by atoms with E-state index in [0.29, 0.717) is 17.9 Å². The van der Waals surface area contributed by atoms with Gasteiger partial charge in [-0.05, 0) is 40.9 Å². The Balaban J connectivity index is 2.28. The first-order valence-electron chi connectivity index (χ1n) is 4.90. The van der Waals surface area contributed by atoms with E-state index in [1.54, 1.807) is 6.07 Å². The van der Waals surface area contributed by atoms with E-state index >= 15 is 0 Å². The molecule has 15 heavy (non-hydrogen) atoms. The highest BCUT2D eigenvalue weighted by molar-refractivity contribution is 9.10. The lowest BCUT2D eigenvalue weighted by atomic mass is 10.0. The molecule has 80 valence electrons. The van der Waals surface area contributed by atoms with Gasteiger partial charge in [-0.2, -0.15) is 0 Å². The first-order chi connectivity index (χ1) is 7.20. The molecule has 1 fully saturated rings. The van der Waals surface area contributed by atoms with Gasteiger partial charge in [0, 0.05) is 16.6 Å². The first-order valence-corrected chi connectivity index (χ1v) is 5.69. The zero-order valence-corrected chi connectivity index (χ0v) is 9.79. The molecule has 1 aliphatic heterocycles. The van der Waals surface area contributed by atoms with Crippen LogP contribution in [-0.4, -0.2) is 18.5 Å². The van der Waals surface area contributed by atoms with Crippen molar-refractivity contribution in [3.05, 3.63) is 28.2 Å². The van der Waals surface area contributed by atoms with E-state index < -0.39 is 0 Å². The predicted octanol–water partition coefficient (Wildman–Crippen LogP) is 2.39. The summed E-state index contributed by atoms with van der Waals surface area (Å²) in [7, 11) is 0. The topological polar surface area (TPSA) is 52.3 Å². The third-order valence-corrected chi connectivity index (χ3v) is 3.23. The van der Waals surface area contributed by atoms with Crippen molar-refractivity contribution in [2.24, 2.45) is 0 Å². The molecule has 2 rings (SSSR count). The average Bonchev–Trinajstić information content (AvgIpc) is 2.74. The molecule has 0 radical (unpaired) electrons. The smallest absolute Gasteiger partial charge is 0.193 e. The number of carbonyl (C=O) groups excluding carboxylic acids is 1. The van der Waals surface area contributed by atoms with Gasteiger partial charge >= 0.3 is 0 Å². The van der Waals surface area contributed by atoms with Gasteiger partial charge in [-0.25, -0.2) is 0 Å². The van der Waals surface area contributed by atoms with E-state index in [1.807, 2.05) is 12.1 Å². The summed E-state index contributed by atoms with van der Waals surface area (Å²) in [5.74, 6) is -0.00806. The summed E-state index contributed by atoms with van der Waals surface area (Å²) in [5.41, 5.74) is 6.88. The zero-order valence-electron chi connectivity index (χ0n) is 8.20. The normalized spacial score (nSPS) is 20.5. The number of ketones is 1. The van der Waals surface area contributed by atoms with Crippen LogP contribution in [0.15, 0.2) is 22.7 Å². The largest absolute Gasteiger partial charge is 0.397 e. The molecule has 1 heterocycles. The number of Topliss-reactive ketones (excluding diaryl/α,β-unsaturated/α-hetero) is 1. The lowest BCUT2D eigenvalue weighted by Gasteiger charge is -2.10. The number of rotatable bonds is 2. The van der Waals surface area contributed by atoms with Gasteiger partial charge in [-0.3, -0.25) is 4.79 Å². The molecular weight excluding hydrogens is 258 g/mol. The van der Waals surface area contributed by atoms with Gasteiger partial charge in [0.15, 0.2) is 5.78 Å². The third kappa shape index (κ3) is 2.06. The number of ether oxygens (including phenoxy) is 1. The Morgan fingerprint density at radius 1 is 1.53 bits per heavy atom. The number of nitrogens with two attached hydrogens (primary N) is 1. The van der Waals surface area contributed by atoms with E-state index in [2.05, 4.69) is 15.9 Å². The van der Waals surface area contributed by atoms with Crippen LogP contribution in [0.2, 0.25) is 0 Å². The van der Waals surface area contributed by atoms with Crippen molar-refractivity contribution in [1.29, 1.82) is 0 Å². The van der Waals surface area contributed by atoms with Crippen LogP contribution in [0.25, 0.3) is 0 Å². The summed E-state index contributed by atoms with van der Waals surface area (Å²) in [6.45, 7) is 0.671. The minimum absolute atomic E-state index is 0.00806. The van der Waals surface area contributed by atoms with Crippen molar-refractivity contribution >= 4 is 27.4 Å². The highest BCUT2D eigenvalue weighted by atomic mass is 79.9. The van der Waals surface area contributed by atoms with Crippen molar-refractivity contribution in [1.82, 2.24) is 0 Å². The summed E-state index contributed by atoms with van der Waals surface area (Å²) in [6.07, 6.45) is 1.44. The molecule has 1 aliphatic rings. The maximum absolute atomic E-state index is 12.0. The van der Waals surface area contributed by atoms with Crippen LogP contribution in [0, 0.1) is 0 Å². The molecule has 1 unspecified atom stereocenters. The van der Waals surface area contributed by atoms with E-state index in [4.69, 9.17) is 10.5 Å². The molecule has 1 aromatic rings. The van der Waals surface area contributed by atoms with Gasteiger partial charge in [-0.15, -0.1) is 0 Å². The maximum atomic E-state index is 12.0. The maximum Gasteiger partial charge on any atom is 0.193 e. The molecule has 0 amide bonds. The average molecular weight is 270 g/mol. The molecule has 2 N–H and O–H groups in total. The standard InChI is InChI=1S/C11H12BrNO2/c12-8-4-1-3-7(10(8)13)11(14)9-5-2-6-15-9/h1,3-4,9H,2,5-6,13H2. The fourth-order valence-corrected chi connectivity index (χ4v) is 2.08. The van der Waals surface area contributed by atoms with Crippen molar-refractivity contribution < 1.29 is 9.53 Å². The van der Waals surface area contributed by atoms with Gasteiger partial charge in [0.1, 0.15) is 6.10 Å². The van der Waals surface area contributed by atoms with Crippen molar-refractivity contribution in [3.8, 4) is 0 Å². The SMILES string of the molecule is Nc1c(Br)cccc1C(=O)C1CCCO1. The number of para-hydroxylation sites is 1. The molecular formula is C11H12BrNO2. The first kappa shape index (κ1) is 10.6. The van der Waals surface area contributed by atoms with Gasteiger partial charge in [-0.1, -0.05) is 6.07 Å². The lowest BCUT2D eigenvalue weighted by Crippen LogP contribution is -2.20. The van der Waals surface area contributed by atoms with Gasteiger partial charge in [0.2, 0.25) is 0 Å². The Labute approximate surface area is 96.7 Å². The van der Waals surface area contributed by atoms with Crippen LogP contribution in [0.5, 0.6) is 0 Å². The second-order valence-corrected chi connectivity index (χ2v) is 4.42. The second-order valence-electron chi connectivity index (χ2n) is 3.57. The van der Waals surface area contributed by atoms with Crippen LogP contribution in [0.4, 0.5) is 5.69 Å². The minimum atomic E-state index is -0.304. The third-order valence-electron chi connectivity index (χ3n) is 2.54. The van der Waals surface area contributed by atoms with E-state index in [-0.39, 0.29) is 11.9 Å². The molecule has 0 aliphatic carbocycles. The summed E-state index contributed by atoms with van der Waals surface area (Å²) >= 11 is 3.30. The number of carbonyl (C=O) groups is 1. The molecule has 0 bridgehead atoms. The van der Waals surface area contributed by atoms with Crippen LogP contribution >= 0.6 is 15.9 Å². The Kier molecular flexibility index (Phi) is 3.07. The highest BCUT2D eigenvalue weighted by Crippen LogP contribution is 2.26. The van der Waals surface area contributed by atoms with Gasteiger partial charge < -0.3 is 10.5 Å². The molecule has 1 atom stereocenters. The van der Waals surface area contributed by atoms with Crippen LogP contribution in [0.3, 0.4) is 0 Å². The monoisotopic (exact) mass is 269 g/mol. The number of nitrogen functional groups attached to an aromatic ring is 1. The Hall–Kier alpha value is -0.870. The van der Waals surface area contributed by atoms with Crippen LogP contribution in [0.1, 0.15) is 23.2 Å². The lowest BCUT2D eigenvalue weighted by molar-refractivity contribution is 0.0644. The molecule has 4 heteroatoms. The number of benzene rings is 1. The van der Waals surface area contributed by atoms with Crippen molar-refractivity contribution in [2.75, 3.05) is 12.3 Å². The molecule has 1 aromatic carbocycles. The van der Waals surface area contributed by atoms with Crippen LogP contribution in [-0.2, 0) is 4.74 Å². The predicted molar refractivity (Wildman–Crippen MR) is 61.9 cm³/mol. The van der Waals surface area contributed by atoms with Crippen molar-refractivity contribution in [2.45, 2.75) is 18.9 Å². The fraction of sp³-hybridized carbons (Fsp3) is 0.364. The van der Waals surface area contributed by atoms with Gasteiger partial charge in [0.25, 0.3) is 0 Å². The fourth-order valence-electron chi connectivity index (χ4n) is 1.71. The Bertz CT molecular complexity index is 386. The van der Waals surface area contributed by atoms with Crippen LogP contribution < -0.4 is 5.73 Å².